The van der Waals surface area contributed by atoms with Gasteiger partial charge in [0, 0.05) is 31.5 Å². The maximum atomic E-state index is 13.2. The van der Waals surface area contributed by atoms with Crippen LogP contribution in [0.25, 0.3) is 16.7 Å². The molecule has 10 nitrogen and oxygen atoms in total. The van der Waals surface area contributed by atoms with Crippen molar-refractivity contribution in [3.05, 3.63) is 57.4 Å². The first-order valence-electron chi connectivity index (χ1n) is 10.9. The second kappa shape index (κ2) is 10.3. The van der Waals surface area contributed by atoms with E-state index in [4.69, 9.17) is 4.74 Å². The molecule has 0 aliphatic heterocycles. The van der Waals surface area contributed by atoms with E-state index in [9.17, 15) is 9.59 Å². The zero-order valence-corrected chi connectivity index (χ0v) is 20.5. The summed E-state index contributed by atoms with van der Waals surface area (Å²) in [5.41, 5.74) is 3.11. The van der Waals surface area contributed by atoms with Gasteiger partial charge in [0.05, 0.1) is 24.1 Å². The number of para-hydroxylation sites is 1. The fourth-order valence-electron chi connectivity index (χ4n) is 3.91. The molecule has 0 fully saturated rings. The van der Waals surface area contributed by atoms with Gasteiger partial charge in [-0.2, -0.15) is 4.98 Å². The van der Waals surface area contributed by atoms with Crippen molar-refractivity contribution in [2.24, 2.45) is 0 Å². The van der Waals surface area contributed by atoms with Crippen LogP contribution in [0.1, 0.15) is 29.2 Å². The number of benzene rings is 1. The lowest BCUT2D eigenvalue weighted by atomic mass is 10.1. The first kappa shape index (κ1) is 23.8. The highest BCUT2D eigenvalue weighted by Crippen LogP contribution is 2.19. The molecule has 3 aromatic heterocycles. The number of fused-ring (bicyclic) bond motifs is 2. The van der Waals surface area contributed by atoms with E-state index in [-0.39, 0.29) is 24.4 Å². The van der Waals surface area contributed by atoms with Crippen molar-refractivity contribution in [2.45, 2.75) is 38.4 Å². The number of thioether (sulfide) groups is 1. The van der Waals surface area contributed by atoms with Crippen molar-refractivity contribution in [2.75, 3.05) is 26.5 Å². The third kappa shape index (κ3) is 4.95. The molecule has 11 heteroatoms. The van der Waals surface area contributed by atoms with Gasteiger partial charge in [-0.3, -0.25) is 9.59 Å². The quantitative estimate of drug-likeness (QED) is 0.362. The molecule has 34 heavy (non-hydrogen) atoms. The predicted molar refractivity (Wildman–Crippen MR) is 130 cm³/mol. The fraction of sp³-hybridized carbons (Fsp3) is 0.391. The summed E-state index contributed by atoms with van der Waals surface area (Å²) in [7, 11) is 1.59. The average molecular weight is 482 g/mol. The minimum atomic E-state index is -0.220. The standard InChI is InChI=1S/C23H27N7O3S/c1-14-16(15(2)30-22(24-14)27-23(28-30)34-4)9-10-20(31)29(11-12-33-3)13-19-25-18-8-6-5-7-17(18)21(32)26-19/h5-8H,9-13H2,1-4H3,(H,25,26,32). The van der Waals surface area contributed by atoms with E-state index in [1.165, 1.54) is 11.8 Å². The molecule has 4 aromatic rings. The SMILES string of the molecule is COCCN(Cc1nc2ccccc2c(=O)[nH]1)C(=O)CCc1c(C)nc2nc(SC)nn2c1C. The fourth-order valence-corrected chi connectivity index (χ4v) is 4.25. The number of aromatic nitrogens is 6. The van der Waals surface area contributed by atoms with E-state index in [2.05, 4.69) is 25.0 Å². The highest BCUT2D eigenvalue weighted by atomic mass is 32.2. The van der Waals surface area contributed by atoms with Crippen molar-refractivity contribution in [1.82, 2.24) is 34.4 Å². The van der Waals surface area contributed by atoms with Gasteiger partial charge in [0.25, 0.3) is 11.3 Å². The number of rotatable bonds is 9. The molecule has 0 unspecified atom stereocenters. The molecule has 0 saturated carbocycles. The summed E-state index contributed by atoms with van der Waals surface area (Å²) in [6, 6.07) is 7.15. The van der Waals surface area contributed by atoms with Crippen LogP contribution in [0.3, 0.4) is 0 Å². The molecule has 0 saturated heterocycles. The van der Waals surface area contributed by atoms with E-state index in [1.807, 2.05) is 26.2 Å². The third-order valence-electron chi connectivity index (χ3n) is 5.72. The van der Waals surface area contributed by atoms with Crippen LogP contribution in [0.2, 0.25) is 0 Å². The number of carbonyl (C=O) groups is 1. The van der Waals surface area contributed by atoms with Crippen molar-refractivity contribution < 1.29 is 9.53 Å². The normalized spacial score (nSPS) is 11.4. The summed E-state index contributed by atoms with van der Waals surface area (Å²) < 4.78 is 6.93. The molecule has 3 heterocycles. The minimum absolute atomic E-state index is 0.0600. The number of ether oxygens (including phenoxy) is 1. The Morgan fingerprint density at radius 2 is 2.00 bits per heavy atom. The summed E-state index contributed by atoms with van der Waals surface area (Å²) in [6.45, 7) is 4.85. The van der Waals surface area contributed by atoms with Gasteiger partial charge in [-0.1, -0.05) is 23.9 Å². The van der Waals surface area contributed by atoms with Gasteiger partial charge in [0.2, 0.25) is 11.1 Å². The number of nitrogens with one attached hydrogen (secondary N) is 1. The zero-order chi connectivity index (χ0) is 24.2. The van der Waals surface area contributed by atoms with Gasteiger partial charge < -0.3 is 14.6 Å². The van der Waals surface area contributed by atoms with Crippen molar-refractivity contribution in [3.63, 3.8) is 0 Å². The van der Waals surface area contributed by atoms with Gasteiger partial charge in [0.1, 0.15) is 5.82 Å². The number of carbonyl (C=O) groups excluding carboxylic acids is 1. The van der Waals surface area contributed by atoms with Crippen LogP contribution in [0.4, 0.5) is 0 Å². The Kier molecular flexibility index (Phi) is 7.23. The molecule has 0 aliphatic carbocycles. The van der Waals surface area contributed by atoms with E-state index in [1.54, 1.807) is 34.7 Å². The molecular weight excluding hydrogens is 454 g/mol. The van der Waals surface area contributed by atoms with Crippen LogP contribution >= 0.6 is 11.8 Å². The Balaban J connectivity index is 1.54. The summed E-state index contributed by atoms with van der Waals surface area (Å²) in [4.78, 5) is 43.6. The molecular formula is C23H27N7O3S. The molecule has 0 atom stereocenters. The second-order valence-electron chi connectivity index (χ2n) is 7.91. The van der Waals surface area contributed by atoms with Crippen molar-refractivity contribution in [3.8, 4) is 0 Å². The number of hydrogen-bond donors (Lipinski definition) is 1. The second-order valence-corrected chi connectivity index (χ2v) is 8.68. The summed E-state index contributed by atoms with van der Waals surface area (Å²) in [6.07, 6.45) is 2.71. The van der Waals surface area contributed by atoms with Crippen LogP contribution < -0.4 is 5.56 Å². The van der Waals surface area contributed by atoms with Gasteiger partial charge in [-0.25, -0.2) is 14.5 Å². The van der Waals surface area contributed by atoms with Gasteiger partial charge >= 0.3 is 0 Å². The van der Waals surface area contributed by atoms with E-state index >= 15 is 0 Å². The van der Waals surface area contributed by atoms with Crippen molar-refractivity contribution in [1.29, 1.82) is 0 Å². The number of nitrogens with zero attached hydrogens (tertiary/aromatic N) is 6. The number of aryl methyl sites for hydroxylation is 2. The van der Waals surface area contributed by atoms with E-state index in [0.29, 0.717) is 47.2 Å². The molecule has 178 valence electrons. The smallest absolute Gasteiger partial charge is 0.258 e. The summed E-state index contributed by atoms with van der Waals surface area (Å²) in [5.74, 6) is 0.938. The first-order chi connectivity index (χ1) is 16.4. The number of amides is 1. The van der Waals surface area contributed by atoms with Crippen LogP contribution in [-0.4, -0.2) is 66.9 Å². The monoisotopic (exact) mass is 481 g/mol. The molecule has 4 rings (SSSR count). The summed E-state index contributed by atoms with van der Waals surface area (Å²) >= 11 is 1.46. The van der Waals surface area contributed by atoms with Crippen molar-refractivity contribution >= 4 is 34.3 Å². The zero-order valence-electron chi connectivity index (χ0n) is 19.7. The van der Waals surface area contributed by atoms with Gasteiger partial charge in [-0.05, 0) is 44.2 Å². The Labute approximate surface area is 200 Å². The highest BCUT2D eigenvalue weighted by Gasteiger charge is 2.19. The first-order valence-corrected chi connectivity index (χ1v) is 12.1. The topological polar surface area (TPSA) is 118 Å². The molecule has 0 aliphatic rings. The lowest BCUT2D eigenvalue weighted by molar-refractivity contribution is -0.132. The lowest BCUT2D eigenvalue weighted by Crippen LogP contribution is -2.35. The van der Waals surface area contributed by atoms with Gasteiger partial charge in [-0.15, -0.1) is 5.10 Å². The molecule has 0 bridgehead atoms. The van der Waals surface area contributed by atoms with Gasteiger partial charge in [0.15, 0.2) is 0 Å². The Morgan fingerprint density at radius 1 is 1.21 bits per heavy atom. The maximum absolute atomic E-state index is 13.2. The number of hydrogen-bond acceptors (Lipinski definition) is 8. The Hall–Kier alpha value is -3.31. The largest absolute Gasteiger partial charge is 0.383 e. The molecule has 1 amide bonds. The molecule has 0 radical (unpaired) electrons. The number of H-pyrrole nitrogens is 1. The minimum Gasteiger partial charge on any atom is -0.383 e. The average Bonchev–Trinajstić information content (AvgIpc) is 3.25. The molecule has 1 N–H and O–H groups in total. The van der Waals surface area contributed by atoms with Crippen LogP contribution in [0, 0.1) is 13.8 Å². The molecule has 1 aromatic carbocycles. The van der Waals surface area contributed by atoms with E-state index in [0.717, 1.165) is 17.0 Å². The van der Waals surface area contributed by atoms with Crippen LogP contribution in [0.15, 0.2) is 34.2 Å². The third-order valence-corrected chi connectivity index (χ3v) is 6.26. The van der Waals surface area contributed by atoms with Crippen LogP contribution in [0.5, 0.6) is 0 Å². The predicted octanol–water partition coefficient (Wildman–Crippen LogP) is 2.31. The maximum Gasteiger partial charge on any atom is 0.258 e. The number of aromatic amines is 1. The van der Waals surface area contributed by atoms with Crippen LogP contribution in [-0.2, 0) is 22.5 Å². The molecule has 0 spiro atoms. The Morgan fingerprint density at radius 3 is 2.76 bits per heavy atom. The summed E-state index contributed by atoms with van der Waals surface area (Å²) in [5, 5.41) is 5.66. The lowest BCUT2D eigenvalue weighted by Gasteiger charge is -2.22. The van der Waals surface area contributed by atoms with E-state index < -0.39 is 0 Å². The highest BCUT2D eigenvalue weighted by molar-refractivity contribution is 7.98. The Bertz CT molecular complexity index is 1400. The number of methoxy groups -OCH3 is 1.